The van der Waals surface area contributed by atoms with Gasteiger partial charge in [0.1, 0.15) is 0 Å². The van der Waals surface area contributed by atoms with Crippen LogP contribution in [-0.4, -0.2) is 25.5 Å². The summed E-state index contributed by atoms with van der Waals surface area (Å²) in [6.07, 6.45) is 4.58. The molecule has 0 aromatic rings. The van der Waals surface area contributed by atoms with Crippen molar-refractivity contribution in [2.24, 2.45) is 17.8 Å². The molecule has 0 aromatic heterocycles. The van der Waals surface area contributed by atoms with Crippen molar-refractivity contribution in [2.75, 3.05) is 20.6 Å². The van der Waals surface area contributed by atoms with E-state index in [2.05, 4.69) is 19.0 Å². The zero-order chi connectivity index (χ0) is 7.14. The fourth-order valence-electron chi connectivity index (χ4n) is 2.66. The molecule has 2 aliphatic carbocycles. The van der Waals surface area contributed by atoms with E-state index in [0.29, 0.717) is 0 Å². The van der Waals surface area contributed by atoms with Crippen LogP contribution in [0, 0.1) is 17.8 Å². The molecule has 0 radical (unpaired) electrons. The van der Waals surface area contributed by atoms with E-state index < -0.39 is 0 Å². The van der Waals surface area contributed by atoms with E-state index in [9.17, 15) is 0 Å². The van der Waals surface area contributed by atoms with Crippen LogP contribution in [0.2, 0.25) is 0 Å². The summed E-state index contributed by atoms with van der Waals surface area (Å²) in [7, 11) is 4.38. The van der Waals surface area contributed by atoms with Crippen molar-refractivity contribution < 1.29 is 0 Å². The van der Waals surface area contributed by atoms with Crippen LogP contribution in [0.25, 0.3) is 0 Å². The fourth-order valence-corrected chi connectivity index (χ4v) is 2.66. The molecule has 0 heterocycles. The molecule has 0 N–H and O–H groups in total. The van der Waals surface area contributed by atoms with Crippen LogP contribution in [0.4, 0.5) is 0 Å². The number of hydrogen-bond acceptors (Lipinski definition) is 1. The molecule has 2 fully saturated rings. The molecule has 0 spiro atoms. The summed E-state index contributed by atoms with van der Waals surface area (Å²) in [5, 5.41) is 0. The van der Waals surface area contributed by atoms with Gasteiger partial charge in [0.25, 0.3) is 0 Å². The average molecular weight is 139 g/mol. The Morgan fingerprint density at radius 1 is 1.20 bits per heavy atom. The topological polar surface area (TPSA) is 3.24 Å². The molecule has 0 amide bonds. The van der Waals surface area contributed by atoms with Gasteiger partial charge in [-0.15, -0.1) is 0 Å². The van der Waals surface area contributed by atoms with Crippen molar-refractivity contribution in [3.05, 3.63) is 0 Å². The van der Waals surface area contributed by atoms with Crippen LogP contribution in [0.15, 0.2) is 0 Å². The van der Waals surface area contributed by atoms with Crippen molar-refractivity contribution >= 4 is 0 Å². The molecule has 2 saturated carbocycles. The molecular weight excluding hydrogens is 122 g/mol. The van der Waals surface area contributed by atoms with E-state index in [1.165, 1.54) is 25.8 Å². The van der Waals surface area contributed by atoms with Gasteiger partial charge in [-0.3, -0.25) is 0 Å². The van der Waals surface area contributed by atoms with Gasteiger partial charge in [0.15, 0.2) is 0 Å². The van der Waals surface area contributed by atoms with Crippen LogP contribution in [0.3, 0.4) is 0 Å². The van der Waals surface area contributed by atoms with Gasteiger partial charge in [-0.05, 0) is 44.7 Å². The van der Waals surface area contributed by atoms with E-state index in [1.807, 2.05) is 0 Å². The Kier molecular flexibility index (Phi) is 1.48. The predicted octanol–water partition coefficient (Wildman–Crippen LogP) is 1.59. The highest BCUT2D eigenvalue weighted by Gasteiger charge is 2.51. The number of rotatable bonds is 2. The molecule has 1 heteroatoms. The fraction of sp³-hybridized carbons (Fsp3) is 1.00. The Hall–Kier alpha value is -0.0400. The van der Waals surface area contributed by atoms with Crippen LogP contribution in [0.1, 0.15) is 19.3 Å². The minimum Gasteiger partial charge on any atom is -0.309 e. The van der Waals surface area contributed by atoms with Crippen LogP contribution in [0.5, 0.6) is 0 Å². The standard InChI is InChI=1S/C9H17N/c1-10(2)6-9-7-4-3-5-8(7)9/h7-9H,3-6H2,1-2H3. The highest BCUT2D eigenvalue weighted by molar-refractivity contribution is 5.01. The van der Waals surface area contributed by atoms with E-state index in [-0.39, 0.29) is 0 Å². The summed E-state index contributed by atoms with van der Waals surface area (Å²) in [5.74, 6) is 3.37. The van der Waals surface area contributed by atoms with Gasteiger partial charge < -0.3 is 4.90 Å². The van der Waals surface area contributed by atoms with Gasteiger partial charge in [-0.1, -0.05) is 6.42 Å². The Morgan fingerprint density at radius 3 is 2.30 bits per heavy atom. The van der Waals surface area contributed by atoms with E-state index in [4.69, 9.17) is 0 Å². The van der Waals surface area contributed by atoms with Crippen LogP contribution in [-0.2, 0) is 0 Å². The summed E-state index contributed by atoms with van der Waals surface area (Å²) < 4.78 is 0. The lowest BCUT2D eigenvalue weighted by Gasteiger charge is -2.09. The van der Waals surface area contributed by atoms with Crippen molar-refractivity contribution in [1.29, 1.82) is 0 Å². The summed E-state index contributed by atoms with van der Waals surface area (Å²) in [4.78, 5) is 2.34. The third-order valence-electron chi connectivity index (χ3n) is 3.16. The maximum atomic E-state index is 2.34. The van der Waals surface area contributed by atoms with Gasteiger partial charge in [0.2, 0.25) is 0 Å². The van der Waals surface area contributed by atoms with Gasteiger partial charge in [0.05, 0.1) is 0 Å². The van der Waals surface area contributed by atoms with E-state index in [1.54, 1.807) is 0 Å². The second kappa shape index (κ2) is 2.23. The highest BCUT2D eigenvalue weighted by Crippen LogP contribution is 2.57. The lowest BCUT2D eigenvalue weighted by atomic mass is 10.1. The smallest absolute Gasteiger partial charge is 0.000907 e. The van der Waals surface area contributed by atoms with Crippen molar-refractivity contribution in [3.8, 4) is 0 Å². The second-order valence-corrected chi connectivity index (χ2v) is 4.18. The summed E-state index contributed by atoms with van der Waals surface area (Å²) in [6.45, 7) is 1.34. The summed E-state index contributed by atoms with van der Waals surface area (Å²) in [5.41, 5.74) is 0. The first-order valence-electron chi connectivity index (χ1n) is 4.44. The minimum atomic E-state index is 1.09. The van der Waals surface area contributed by atoms with Gasteiger partial charge in [0, 0.05) is 6.54 Å². The zero-order valence-electron chi connectivity index (χ0n) is 7.01. The van der Waals surface area contributed by atoms with Crippen LogP contribution >= 0.6 is 0 Å². The van der Waals surface area contributed by atoms with Gasteiger partial charge in [-0.2, -0.15) is 0 Å². The Morgan fingerprint density at radius 2 is 1.80 bits per heavy atom. The van der Waals surface area contributed by atoms with Crippen molar-refractivity contribution in [1.82, 2.24) is 4.90 Å². The largest absolute Gasteiger partial charge is 0.309 e. The molecule has 2 atom stereocenters. The molecule has 0 saturated heterocycles. The first-order valence-corrected chi connectivity index (χ1v) is 4.44. The summed E-state index contributed by atoms with van der Waals surface area (Å²) in [6, 6.07) is 0. The van der Waals surface area contributed by atoms with E-state index in [0.717, 1.165) is 17.8 Å². The lowest BCUT2D eigenvalue weighted by molar-refractivity contribution is 0.360. The predicted molar refractivity (Wildman–Crippen MR) is 42.9 cm³/mol. The van der Waals surface area contributed by atoms with Crippen molar-refractivity contribution in [3.63, 3.8) is 0 Å². The third-order valence-corrected chi connectivity index (χ3v) is 3.16. The molecule has 0 aromatic carbocycles. The molecule has 1 nitrogen and oxygen atoms in total. The monoisotopic (exact) mass is 139 g/mol. The molecule has 0 aliphatic heterocycles. The maximum absolute atomic E-state index is 2.34. The number of nitrogens with zero attached hydrogens (tertiary/aromatic N) is 1. The summed E-state index contributed by atoms with van der Waals surface area (Å²) >= 11 is 0. The Labute approximate surface area is 63.4 Å². The first-order chi connectivity index (χ1) is 4.79. The maximum Gasteiger partial charge on any atom is 0.000907 e. The minimum absolute atomic E-state index is 1.09. The number of hydrogen-bond donors (Lipinski definition) is 0. The van der Waals surface area contributed by atoms with Crippen molar-refractivity contribution in [2.45, 2.75) is 19.3 Å². The quantitative estimate of drug-likeness (QED) is 0.561. The molecule has 0 bridgehead atoms. The van der Waals surface area contributed by atoms with Crippen LogP contribution < -0.4 is 0 Å². The third kappa shape index (κ3) is 0.968. The lowest BCUT2D eigenvalue weighted by Crippen LogP contribution is -2.16. The Bertz CT molecular complexity index is 121. The average Bonchev–Trinajstić information content (AvgIpc) is 2.40. The molecule has 2 rings (SSSR count). The second-order valence-electron chi connectivity index (χ2n) is 4.18. The van der Waals surface area contributed by atoms with Gasteiger partial charge in [-0.25, -0.2) is 0 Å². The zero-order valence-corrected chi connectivity index (χ0v) is 7.01. The Balaban J connectivity index is 1.79. The molecular formula is C9H17N. The first kappa shape index (κ1) is 6.66. The SMILES string of the molecule is CN(C)CC1C2CCCC21. The van der Waals surface area contributed by atoms with Gasteiger partial charge >= 0.3 is 0 Å². The van der Waals surface area contributed by atoms with E-state index >= 15 is 0 Å². The molecule has 58 valence electrons. The molecule has 10 heavy (non-hydrogen) atoms. The molecule has 2 aliphatic rings. The number of fused-ring (bicyclic) bond motifs is 1. The normalized spacial score (nSPS) is 44.1. The highest BCUT2D eigenvalue weighted by atomic mass is 15.1. The molecule has 2 unspecified atom stereocenters.